The van der Waals surface area contributed by atoms with Crippen LogP contribution in [0.2, 0.25) is 0 Å². The third-order valence-corrected chi connectivity index (χ3v) is 3.81. The highest BCUT2D eigenvalue weighted by Crippen LogP contribution is 2.33. The molecule has 0 aromatic carbocycles. The summed E-state index contributed by atoms with van der Waals surface area (Å²) in [6.07, 6.45) is 6.04. The maximum Gasteiger partial charge on any atom is 0.326 e. The van der Waals surface area contributed by atoms with Gasteiger partial charge in [-0.05, 0) is 43.9 Å². The SMILES string of the molecule is CCC[C@H](NC(=O)N(CC1CC1)CC1CC1)C(=O)O. The largest absolute Gasteiger partial charge is 0.480 e. The molecule has 0 aromatic heterocycles. The summed E-state index contributed by atoms with van der Waals surface area (Å²) in [7, 11) is 0. The van der Waals surface area contributed by atoms with E-state index < -0.39 is 12.0 Å². The topological polar surface area (TPSA) is 69.6 Å². The van der Waals surface area contributed by atoms with Crippen LogP contribution in [0.15, 0.2) is 0 Å². The van der Waals surface area contributed by atoms with E-state index in [-0.39, 0.29) is 6.03 Å². The van der Waals surface area contributed by atoms with Crippen LogP contribution < -0.4 is 5.32 Å². The molecule has 0 bridgehead atoms. The summed E-state index contributed by atoms with van der Waals surface area (Å²) in [6, 6.07) is -0.946. The highest BCUT2D eigenvalue weighted by Gasteiger charge is 2.32. The van der Waals surface area contributed by atoms with Crippen molar-refractivity contribution >= 4 is 12.0 Å². The van der Waals surface area contributed by atoms with Crippen molar-refractivity contribution in [1.29, 1.82) is 0 Å². The number of rotatable bonds is 8. The first-order valence-electron chi connectivity index (χ1n) is 7.38. The van der Waals surface area contributed by atoms with Gasteiger partial charge in [0, 0.05) is 13.1 Å². The van der Waals surface area contributed by atoms with Gasteiger partial charge in [0.15, 0.2) is 0 Å². The van der Waals surface area contributed by atoms with Crippen molar-refractivity contribution in [1.82, 2.24) is 10.2 Å². The average molecular weight is 268 g/mol. The van der Waals surface area contributed by atoms with E-state index in [9.17, 15) is 9.59 Å². The van der Waals surface area contributed by atoms with E-state index in [1.54, 1.807) is 0 Å². The van der Waals surface area contributed by atoms with E-state index in [0.29, 0.717) is 18.3 Å². The predicted molar refractivity (Wildman–Crippen MR) is 71.9 cm³/mol. The molecule has 0 saturated heterocycles. The average Bonchev–Trinajstić information content (AvgIpc) is 3.22. The molecule has 2 fully saturated rings. The molecule has 2 rings (SSSR count). The van der Waals surface area contributed by atoms with Crippen LogP contribution >= 0.6 is 0 Å². The van der Waals surface area contributed by atoms with E-state index in [4.69, 9.17) is 5.11 Å². The zero-order valence-electron chi connectivity index (χ0n) is 11.6. The second-order valence-corrected chi connectivity index (χ2v) is 5.92. The first-order chi connectivity index (χ1) is 9.10. The van der Waals surface area contributed by atoms with Crippen LogP contribution in [0.1, 0.15) is 45.4 Å². The van der Waals surface area contributed by atoms with Gasteiger partial charge in [-0.15, -0.1) is 0 Å². The van der Waals surface area contributed by atoms with Crippen LogP contribution in [-0.4, -0.2) is 41.1 Å². The van der Waals surface area contributed by atoms with Gasteiger partial charge in [0.05, 0.1) is 0 Å². The van der Waals surface area contributed by atoms with Crippen molar-refractivity contribution in [2.24, 2.45) is 11.8 Å². The molecule has 0 spiro atoms. The lowest BCUT2D eigenvalue weighted by atomic mass is 10.2. The van der Waals surface area contributed by atoms with Gasteiger partial charge in [-0.2, -0.15) is 0 Å². The van der Waals surface area contributed by atoms with Gasteiger partial charge < -0.3 is 15.3 Å². The number of aliphatic carboxylic acids is 1. The van der Waals surface area contributed by atoms with Crippen LogP contribution in [0, 0.1) is 11.8 Å². The van der Waals surface area contributed by atoms with Crippen LogP contribution in [0.5, 0.6) is 0 Å². The third-order valence-electron chi connectivity index (χ3n) is 3.81. The minimum atomic E-state index is -0.937. The minimum Gasteiger partial charge on any atom is -0.480 e. The molecule has 2 aliphatic rings. The van der Waals surface area contributed by atoms with E-state index in [1.165, 1.54) is 25.7 Å². The molecule has 2 N–H and O–H groups in total. The zero-order chi connectivity index (χ0) is 13.8. The first kappa shape index (κ1) is 14.2. The van der Waals surface area contributed by atoms with Gasteiger partial charge in [-0.3, -0.25) is 0 Å². The predicted octanol–water partition coefficient (Wildman–Crippen LogP) is 2.07. The number of urea groups is 1. The number of hydrogen-bond donors (Lipinski definition) is 2. The number of carboxylic acids is 1. The lowest BCUT2D eigenvalue weighted by Gasteiger charge is -2.25. The number of carboxylic acid groups (broad SMARTS) is 1. The number of carbonyl (C=O) groups is 2. The fraction of sp³-hybridized carbons (Fsp3) is 0.857. The Morgan fingerprint density at radius 1 is 1.21 bits per heavy atom. The summed E-state index contributed by atoms with van der Waals surface area (Å²) >= 11 is 0. The number of amides is 2. The van der Waals surface area contributed by atoms with E-state index in [0.717, 1.165) is 19.5 Å². The summed E-state index contributed by atoms with van der Waals surface area (Å²) in [5.74, 6) is 0.339. The van der Waals surface area contributed by atoms with Crippen molar-refractivity contribution in [3.63, 3.8) is 0 Å². The molecule has 108 valence electrons. The molecule has 0 aromatic rings. The van der Waals surface area contributed by atoms with Gasteiger partial charge in [-0.1, -0.05) is 13.3 Å². The lowest BCUT2D eigenvalue weighted by Crippen LogP contribution is -2.49. The second-order valence-electron chi connectivity index (χ2n) is 5.92. The molecule has 0 radical (unpaired) electrons. The molecule has 5 nitrogen and oxygen atoms in total. The van der Waals surface area contributed by atoms with Crippen molar-refractivity contribution in [2.75, 3.05) is 13.1 Å². The Morgan fingerprint density at radius 2 is 1.74 bits per heavy atom. The molecule has 1 atom stereocenters. The van der Waals surface area contributed by atoms with Crippen molar-refractivity contribution < 1.29 is 14.7 Å². The Balaban J connectivity index is 1.86. The van der Waals surface area contributed by atoms with Crippen molar-refractivity contribution in [2.45, 2.75) is 51.5 Å². The molecule has 19 heavy (non-hydrogen) atoms. The van der Waals surface area contributed by atoms with Gasteiger partial charge in [0.2, 0.25) is 0 Å². The third kappa shape index (κ3) is 4.73. The van der Waals surface area contributed by atoms with Gasteiger partial charge in [0.1, 0.15) is 6.04 Å². The molecule has 0 unspecified atom stereocenters. The summed E-state index contributed by atoms with van der Waals surface area (Å²) < 4.78 is 0. The maximum absolute atomic E-state index is 12.2. The number of nitrogens with one attached hydrogen (secondary N) is 1. The van der Waals surface area contributed by atoms with Gasteiger partial charge in [-0.25, -0.2) is 9.59 Å². The minimum absolute atomic E-state index is 0.195. The Morgan fingerprint density at radius 3 is 2.11 bits per heavy atom. The van der Waals surface area contributed by atoms with E-state index in [2.05, 4.69) is 5.32 Å². The highest BCUT2D eigenvalue weighted by molar-refractivity contribution is 5.82. The second kappa shape index (κ2) is 6.26. The monoisotopic (exact) mass is 268 g/mol. The molecule has 5 heteroatoms. The number of nitrogens with zero attached hydrogens (tertiary/aromatic N) is 1. The summed E-state index contributed by atoms with van der Waals surface area (Å²) in [5, 5.41) is 11.8. The fourth-order valence-electron chi connectivity index (χ4n) is 2.25. The Kier molecular flexibility index (Phi) is 4.66. The number of hydrogen-bond acceptors (Lipinski definition) is 2. The van der Waals surface area contributed by atoms with Crippen LogP contribution in [-0.2, 0) is 4.79 Å². The zero-order valence-corrected chi connectivity index (χ0v) is 11.6. The van der Waals surface area contributed by atoms with Crippen molar-refractivity contribution in [3.8, 4) is 0 Å². The molecule has 2 saturated carbocycles. The Bertz CT molecular complexity index is 324. The van der Waals surface area contributed by atoms with Crippen LogP contribution in [0.25, 0.3) is 0 Å². The summed E-state index contributed by atoms with van der Waals surface area (Å²) in [4.78, 5) is 25.1. The Labute approximate surface area is 114 Å². The molecule has 2 aliphatic carbocycles. The normalized spacial score (nSPS) is 19.8. The summed E-state index contributed by atoms with van der Waals surface area (Å²) in [6.45, 7) is 3.51. The molecule has 2 amide bonds. The molecule has 0 heterocycles. The standard InChI is InChI=1S/C14H24N2O3/c1-2-3-12(13(17)18)15-14(19)16(8-10-4-5-10)9-11-6-7-11/h10-12H,2-9H2,1H3,(H,15,19)(H,17,18)/t12-/m0/s1. The van der Waals surface area contributed by atoms with Crippen LogP contribution in [0.3, 0.4) is 0 Å². The number of carbonyl (C=O) groups excluding carboxylic acids is 1. The molecular formula is C14H24N2O3. The highest BCUT2D eigenvalue weighted by atomic mass is 16.4. The fourth-order valence-corrected chi connectivity index (χ4v) is 2.25. The van der Waals surface area contributed by atoms with E-state index >= 15 is 0 Å². The molecular weight excluding hydrogens is 244 g/mol. The Hall–Kier alpha value is -1.26. The quantitative estimate of drug-likeness (QED) is 0.708. The van der Waals surface area contributed by atoms with Crippen molar-refractivity contribution in [3.05, 3.63) is 0 Å². The van der Waals surface area contributed by atoms with Gasteiger partial charge in [0.25, 0.3) is 0 Å². The summed E-state index contributed by atoms with van der Waals surface area (Å²) in [5.41, 5.74) is 0. The maximum atomic E-state index is 12.2. The van der Waals surface area contributed by atoms with Gasteiger partial charge >= 0.3 is 12.0 Å². The molecule has 0 aliphatic heterocycles. The lowest BCUT2D eigenvalue weighted by molar-refractivity contribution is -0.139. The smallest absolute Gasteiger partial charge is 0.326 e. The van der Waals surface area contributed by atoms with E-state index in [1.807, 2.05) is 11.8 Å². The van der Waals surface area contributed by atoms with Crippen LogP contribution in [0.4, 0.5) is 4.79 Å². The first-order valence-corrected chi connectivity index (χ1v) is 7.38.